The quantitative estimate of drug-likeness (QED) is 0.621. The van der Waals surface area contributed by atoms with E-state index in [1.807, 2.05) is 73.7 Å². The fourth-order valence-corrected chi connectivity index (χ4v) is 2.31. The van der Waals surface area contributed by atoms with Gasteiger partial charge in [0.1, 0.15) is 6.10 Å². The zero-order chi connectivity index (χ0) is 14.0. The molecule has 1 saturated heterocycles. The molecule has 2 aromatic rings. The van der Waals surface area contributed by atoms with Crippen molar-refractivity contribution in [2.45, 2.75) is 18.6 Å². The largest absolute Gasteiger partial charge is 0.353 e. The highest BCUT2D eigenvalue weighted by Crippen LogP contribution is 2.50. The third-order valence-corrected chi connectivity index (χ3v) is 3.62. The average Bonchev–Trinajstić information content (AvgIpc) is 3.20. The first-order chi connectivity index (χ1) is 9.70. The molecular formula is C18H16O2. The van der Waals surface area contributed by atoms with E-state index >= 15 is 0 Å². The molecule has 3 rings (SSSR count). The lowest BCUT2D eigenvalue weighted by atomic mass is 9.96. The topological polar surface area (TPSA) is 29.6 Å². The van der Waals surface area contributed by atoms with Gasteiger partial charge in [-0.1, -0.05) is 66.7 Å². The summed E-state index contributed by atoms with van der Waals surface area (Å²) < 4.78 is 5.64. The van der Waals surface area contributed by atoms with Crippen molar-refractivity contribution in [1.29, 1.82) is 0 Å². The molecule has 1 heterocycles. The maximum absolute atomic E-state index is 12.3. The normalized spacial score (nSPS) is 24.8. The smallest absolute Gasteiger partial charge is 0.190 e. The van der Waals surface area contributed by atoms with Gasteiger partial charge in [0, 0.05) is 0 Å². The van der Waals surface area contributed by atoms with Crippen LogP contribution in [0.2, 0.25) is 0 Å². The molecule has 0 aliphatic carbocycles. The summed E-state index contributed by atoms with van der Waals surface area (Å²) in [6, 6.07) is 19.6. The number of hydrogen-bond acceptors (Lipinski definition) is 2. The van der Waals surface area contributed by atoms with Gasteiger partial charge >= 0.3 is 0 Å². The highest BCUT2D eigenvalue weighted by Gasteiger charge is 2.57. The highest BCUT2D eigenvalue weighted by atomic mass is 16.6. The number of benzene rings is 2. The van der Waals surface area contributed by atoms with Gasteiger partial charge in [-0.05, 0) is 24.1 Å². The summed E-state index contributed by atoms with van der Waals surface area (Å²) in [4.78, 5) is 12.3. The van der Waals surface area contributed by atoms with Crippen LogP contribution in [0.1, 0.15) is 24.2 Å². The van der Waals surface area contributed by atoms with Crippen LogP contribution < -0.4 is 0 Å². The Labute approximate surface area is 118 Å². The lowest BCUT2D eigenvalue weighted by molar-refractivity contribution is -0.118. The van der Waals surface area contributed by atoms with E-state index in [4.69, 9.17) is 4.74 Å². The van der Waals surface area contributed by atoms with Gasteiger partial charge in [0.15, 0.2) is 11.4 Å². The molecule has 2 heteroatoms. The van der Waals surface area contributed by atoms with Gasteiger partial charge in [0.05, 0.1) is 0 Å². The van der Waals surface area contributed by atoms with Crippen LogP contribution in [0, 0.1) is 0 Å². The molecule has 2 aromatic carbocycles. The number of ether oxygens (including phenoxy) is 1. The molecule has 20 heavy (non-hydrogen) atoms. The SMILES string of the molecule is C[C@]1(C(=O)/C=C/c2ccccc2)O[C@H]1c1ccccc1. The van der Waals surface area contributed by atoms with Gasteiger partial charge in [-0.25, -0.2) is 0 Å². The predicted molar refractivity (Wildman–Crippen MR) is 79.2 cm³/mol. The van der Waals surface area contributed by atoms with Crippen molar-refractivity contribution in [3.63, 3.8) is 0 Å². The Bertz CT molecular complexity index is 631. The maximum atomic E-state index is 12.3. The van der Waals surface area contributed by atoms with Crippen LogP contribution in [0.25, 0.3) is 6.08 Å². The van der Waals surface area contributed by atoms with Gasteiger partial charge in [-0.2, -0.15) is 0 Å². The van der Waals surface area contributed by atoms with E-state index < -0.39 is 5.60 Å². The number of ketones is 1. The molecule has 2 nitrogen and oxygen atoms in total. The van der Waals surface area contributed by atoms with E-state index in [1.165, 1.54) is 0 Å². The van der Waals surface area contributed by atoms with Crippen LogP contribution in [-0.2, 0) is 9.53 Å². The third kappa shape index (κ3) is 2.43. The monoisotopic (exact) mass is 264 g/mol. The Morgan fingerprint density at radius 1 is 1.05 bits per heavy atom. The second-order valence-electron chi connectivity index (χ2n) is 5.12. The second kappa shape index (κ2) is 5.06. The maximum Gasteiger partial charge on any atom is 0.190 e. The van der Waals surface area contributed by atoms with Crippen LogP contribution in [0.5, 0.6) is 0 Å². The minimum absolute atomic E-state index is 0.00945. The van der Waals surface area contributed by atoms with Crippen molar-refractivity contribution in [2.75, 3.05) is 0 Å². The Hall–Kier alpha value is -2.19. The van der Waals surface area contributed by atoms with Crippen LogP contribution in [-0.4, -0.2) is 11.4 Å². The summed E-state index contributed by atoms with van der Waals surface area (Å²) in [5.74, 6) is 0.00945. The fraction of sp³-hybridized carbons (Fsp3) is 0.167. The Balaban J connectivity index is 1.71. The first kappa shape index (κ1) is 12.8. The van der Waals surface area contributed by atoms with Gasteiger partial charge in [-0.15, -0.1) is 0 Å². The Morgan fingerprint density at radius 2 is 1.65 bits per heavy atom. The zero-order valence-corrected chi connectivity index (χ0v) is 11.3. The fourth-order valence-electron chi connectivity index (χ4n) is 2.31. The molecule has 0 spiro atoms. The summed E-state index contributed by atoms with van der Waals surface area (Å²) in [5.41, 5.74) is 1.35. The number of carbonyl (C=O) groups is 1. The van der Waals surface area contributed by atoms with E-state index in [2.05, 4.69) is 0 Å². The molecule has 1 fully saturated rings. The van der Waals surface area contributed by atoms with Crippen molar-refractivity contribution in [3.8, 4) is 0 Å². The van der Waals surface area contributed by atoms with E-state index in [0.717, 1.165) is 11.1 Å². The lowest BCUT2D eigenvalue weighted by Gasteiger charge is -2.01. The molecule has 0 saturated carbocycles. The second-order valence-corrected chi connectivity index (χ2v) is 5.12. The summed E-state index contributed by atoms with van der Waals surface area (Å²) in [6.07, 6.45) is 3.31. The Morgan fingerprint density at radius 3 is 2.30 bits per heavy atom. The number of hydrogen-bond donors (Lipinski definition) is 0. The van der Waals surface area contributed by atoms with Gasteiger partial charge in [-0.3, -0.25) is 4.79 Å². The minimum Gasteiger partial charge on any atom is -0.353 e. The van der Waals surface area contributed by atoms with Crippen LogP contribution in [0.15, 0.2) is 66.7 Å². The van der Waals surface area contributed by atoms with E-state index in [1.54, 1.807) is 6.08 Å². The van der Waals surface area contributed by atoms with Crippen molar-refractivity contribution in [2.24, 2.45) is 0 Å². The average molecular weight is 264 g/mol. The summed E-state index contributed by atoms with van der Waals surface area (Å²) in [7, 11) is 0. The van der Waals surface area contributed by atoms with Crippen molar-refractivity contribution >= 4 is 11.9 Å². The first-order valence-electron chi connectivity index (χ1n) is 6.70. The minimum atomic E-state index is -0.716. The van der Waals surface area contributed by atoms with E-state index in [9.17, 15) is 4.79 Å². The number of epoxide rings is 1. The molecule has 2 atom stereocenters. The zero-order valence-electron chi connectivity index (χ0n) is 11.3. The standard InChI is InChI=1S/C18H16O2/c1-18(17(20-18)15-10-6-3-7-11-15)16(19)13-12-14-8-4-2-5-9-14/h2-13,17H,1H3/b13-12+/t17-,18+/m0/s1. The molecule has 100 valence electrons. The lowest BCUT2D eigenvalue weighted by Crippen LogP contribution is -2.18. The number of rotatable bonds is 4. The molecular weight excluding hydrogens is 248 g/mol. The summed E-state index contributed by atoms with van der Waals surface area (Å²) >= 11 is 0. The molecule has 0 radical (unpaired) electrons. The van der Waals surface area contributed by atoms with Crippen LogP contribution in [0.4, 0.5) is 0 Å². The highest BCUT2D eigenvalue weighted by molar-refractivity contribution is 6.02. The molecule has 0 amide bonds. The molecule has 0 N–H and O–H groups in total. The molecule has 1 aliphatic rings. The molecule has 0 bridgehead atoms. The third-order valence-electron chi connectivity index (χ3n) is 3.62. The van der Waals surface area contributed by atoms with Crippen LogP contribution >= 0.6 is 0 Å². The number of carbonyl (C=O) groups excluding carboxylic acids is 1. The first-order valence-corrected chi connectivity index (χ1v) is 6.70. The summed E-state index contributed by atoms with van der Waals surface area (Å²) in [5, 5.41) is 0. The van der Waals surface area contributed by atoms with Gasteiger partial charge in [0.2, 0.25) is 0 Å². The van der Waals surface area contributed by atoms with E-state index in [-0.39, 0.29) is 11.9 Å². The summed E-state index contributed by atoms with van der Waals surface area (Å²) in [6.45, 7) is 1.85. The van der Waals surface area contributed by atoms with Gasteiger partial charge in [0.25, 0.3) is 0 Å². The molecule has 0 aromatic heterocycles. The Kier molecular flexibility index (Phi) is 3.25. The predicted octanol–water partition coefficient (Wildman–Crippen LogP) is 3.80. The van der Waals surface area contributed by atoms with Gasteiger partial charge < -0.3 is 4.74 Å². The van der Waals surface area contributed by atoms with Crippen molar-refractivity contribution in [3.05, 3.63) is 77.9 Å². The van der Waals surface area contributed by atoms with E-state index in [0.29, 0.717) is 0 Å². The molecule has 0 unspecified atom stereocenters. The van der Waals surface area contributed by atoms with Crippen LogP contribution in [0.3, 0.4) is 0 Å². The molecule has 1 aliphatic heterocycles. The van der Waals surface area contributed by atoms with Crippen molar-refractivity contribution in [1.82, 2.24) is 0 Å². The van der Waals surface area contributed by atoms with Crippen molar-refractivity contribution < 1.29 is 9.53 Å².